The van der Waals surface area contributed by atoms with Crippen molar-refractivity contribution >= 4 is 17.3 Å². The van der Waals surface area contributed by atoms with Gasteiger partial charge in [0.15, 0.2) is 17.3 Å². The molecule has 0 unspecified atom stereocenters. The lowest BCUT2D eigenvalue weighted by Gasteiger charge is -2.32. The van der Waals surface area contributed by atoms with Crippen LogP contribution in [-0.4, -0.2) is 36.1 Å². The first-order valence-corrected chi connectivity index (χ1v) is 11.3. The molecule has 35 heavy (non-hydrogen) atoms. The van der Waals surface area contributed by atoms with E-state index in [1.165, 1.54) is 24.9 Å². The molecule has 7 nitrogen and oxygen atoms in total. The fourth-order valence-electron chi connectivity index (χ4n) is 4.51. The Kier molecular flexibility index (Phi) is 6.43. The number of carbonyl (C=O) groups excluding carboxylic acids is 3. The molecular weight excluding hydrogens is 446 g/mol. The Morgan fingerprint density at radius 3 is 2.29 bits per heavy atom. The van der Waals surface area contributed by atoms with Crippen molar-refractivity contribution in [3.8, 4) is 17.2 Å². The van der Waals surface area contributed by atoms with E-state index in [9.17, 15) is 19.2 Å². The molecule has 0 aliphatic heterocycles. The van der Waals surface area contributed by atoms with E-state index in [1.807, 2.05) is 13.8 Å². The van der Waals surface area contributed by atoms with Crippen molar-refractivity contribution in [3.05, 3.63) is 87.3 Å². The van der Waals surface area contributed by atoms with Crippen LogP contribution in [0.2, 0.25) is 0 Å². The van der Waals surface area contributed by atoms with Crippen molar-refractivity contribution in [2.75, 3.05) is 14.2 Å². The minimum absolute atomic E-state index is 0.157. The van der Waals surface area contributed by atoms with Gasteiger partial charge in [0.25, 0.3) is 5.56 Å². The van der Waals surface area contributed by atoms with Gasteiger partial charge in [0, 0.05) is 29.3 Å². The van der Waals surface area contributed by atoms with Crippen LogP contribution in [0.4, 0.5) is 0 Å². The molecule has 0 N–H and O–H groups in total. The smallest absolute Gasteiger partial charge is 0.266 e. The van der Waals surface area contributed by atoms with Crippen molar-refractivity contribution in [1.29, 1.82) is 0 Å². The minimum atomic E-state index is -0.639. The van der Waals surface area contributed by atoms with Crippen molar-refractivity contribution in [1.82, 2.24) is 4.57 Å². The number of methoxy groups -OCH3 is 2. The Hall–Kier alpha value is -4.00. The molecule has 3 aromatic rings. The van der Waals surface area contributed by atoms with E-state index in [0.717, 1.165) is 0 Å². The number of carbonyl (C=O) groups is 3. The molecule has 0 atom stereocenters. The number of ether oxygens (including phenoxy) is 2. The third kappa shape index (κ3) is 4.67. The van der Waals surface area contributed by atoms with Gasteiger partial charge in [-0.25, -0.2) is 0 Å². The average molecular weight is 474 g/mol. The van der Waals surface area contributed by atoms with Gasteiger partial charge in [0.2, 0.25) is 0 Å². The molecule has 7 heteroatoms. The van der Waals surface area contributed by atoms with E-state index in [1.54, 1.807) is 48.5 Å². The third-order valence-electron chi connectivity index (χ3n) is 6.23. The molecule has 180 valence electrons. The van der Waals surface area contributed by atoms with E-state index < -0.39 is 23.5 Å². The summed E-state index contributed by atoms with van der Waals surface area (Å²) in [7, 11) is 2.98. The first-order valence-electron chi connectivity index (χ1n) is 11.3. The first kappa shape index (κ1) is 24.1. The Labute approximate surface area is 203 Å². The van der Waals surface area contributed by atoms with Crippen molar-refractivity contribution in [2.45, 2.75) is 33.1 Å². The van der Waals surface area contributed by atoms with E-state index in [0.29, 0.717) is 40.4 Å². The van der Waals surface area contributed by atoms with Crippen molar-refractivity contribution in [3.63, 3.8) is 0 Å². The van der Waals surface area contributed by atoms with Gasteiger partial charge in [-0.1, -0.05) is 44.2 Å². The molecule has 4 rings (SSSR count). The summed E-state index contributed by atoms with van der Waals surface area (Å²) in [6.45, 7) is 3.92. The number of ketones is 3. The molecule has 0 amide bonds. The van der Waals surface area contributed by atoms with Crippen LogP contribution in [0.3, 0.4) is 0 Å². The van der Waals surface area contributed by atoms with E-state index in [2.05, 4.69) is 0 Å². The number of pyridine rings is 1. The second-order valence-corrected chi connectivity index (χ2v) is 9.43. The normalized spacial score (nSPS) is 14.2. The van der Waals surface area contributed by atoms with E-state index >= 15 is 0 Å². The zero-order valence-corrected chi connectivity index (χ0v) is 20.2. The molecule has 2 aromatic carbocycles. The van der Waals surface area contributed by atoms with Gasteiger partial charge in [0.05, 0.1) is 31.9 Å². The van der Waals surface area contributed by atoms with Gasteiger partial charge in [-0.2, -0.15) is 0 Å². The van der Waals surface area contributed by atoms with Crippen LogP contribution in [0.5, 0.6) is 11.5 Å². The van der Waals surface area contributed by atoms with E-state index in [-0.39, 0.29) is 23.2 Å². The molecule has 0 radical (unpaired) electrons. The number of hydrogen-bond donors (Lipinski definition) is 0. The van der Waals surface area contributed by atoms with Crippen LogP contribution in [0.1, 0.15) is 63.5 Å². The maximum absolute atomic E-state index is 13.8. The van der Waals surface area contributed by atoms with Gasteiger partial charge in [-0.3, -0.25) is 23.7 Å². The Morgan fingerprint density at radius 2 is 1.63 bits per heavy atom. The summed E-state index contributed by atoms with van der Waals surface area (Å²) in [5, 5.41) is 0. The maximum Gasteiger partial charge on any atom is 0.266 e. The molecule has 0 fully saturated rings. The number of hydrogen-bond acceptors (Lipinski definition) is 6. The molecular formula is C28H27NO6. The lowest BCUT2D eigenvalue weighted by atomic mass is 9.75. The predicted molar refractivity (Wildman–Crippen MR) is 131 cm³/mol. The monoisotopic (exact) mass is 473 g/mol. The van der Waals surface area contributed by atoms with Gasteiger partial charge >= 0.3 is 0 Å². The van der Waals surface area contributed by atoms with Crippen LogP contribution < -0.4 is 15.0 Å². The van der Waals surface area contributed by atoms with Crippen LogP contribution in [0.15, 0.2) is 59.4 Å². The highest BCUT2D eigenvalue weighted by molar-refractivity contribution is 6.14. The highest BCUT2D eigenvalue weighted by atomic mass is 16.5. The summed E-state index contributed by atoms with van der Waals surface area (Å²) in [5.41, 5.74) is 0.379. The number of benzene rings is 2. The summed E-state index contributed by atoms with van der Waals surface area (Å²) in [6.07, 6.45) is 0.248. The van der Waals surface area contributed by atoms with E-state index in [4.69, 9.17) is 9.47 Å². The largest absolute Gasteiger partial charge is 0.497 e. The molecule has 1 heterocycles. The predicted octanol–water partition coefficient (Wildman–Crippen LogP) is 4.47. The molecule has 1 aliphatic carbocycles. The van der Waals surface area contributed by atoms with Crippen LogP contribution in [0.25, 0.3) is 5.69 Å². The topological polar surface area (TPSA) is 91.7 Å². The lowest BCUT2D eigenvalue weighted by molar-refractivity contribution is 0.0892. The van der Waals surface area contributed by atoms with Crippen LogP contribution >= 0.6 is 0 Å². The highest BCUT2D eigenvalue weighted by Gasteiger charge is 2.35. The Bertz CT molecular complexity index is 1380. The number of rotatable bonds is 7. The second-order valence-electron chi connectivity index (χ2n) is 9.43. The van der Waals surface area contributed by atoms with Crippen molar-refractivity contribution in [2.24, 2.45) is 5.41 Å². The summed E-state index contributed by atoms with van der Waals surface area (Å²) < 4.78 is 12.2. The molecule has 0 saturated carbocycles. The average Bonchev–Trinajstić information content (AvgIpc) is 2.83. The summed E-state index contributed by atoms with van der Waals surface area (Å²) in [5.74, 6) is -0.324. The fourth-order valence-corrected chi connectivity index (χ4v) is 4.51. The lowest BCUT2D eigenvalue weighted by Crippen LogP contribution is -2.37. The van der Waals surface area contributed by atoms with Gasteiger partial charge in [0.1, 0.15) is 11.5 Å². The molecule has 0 bridgehead atoms. The molecule has 0 saturated heterocycles. The Morgan fingerprint density at radius 1 is 0.914 bits per heavy atom. The summed E-state index contributed by atoms with van der Waals surface area (Å²) in [6, 6.07) is 14.8. The summed E-state index contributed by atoms with van der Waals surface area (Å²) >= 11 is 0. The van der Waals surface area contributed by atoms with Gasteiger partial charge in [-0.05, 0) is 30.0 Å². The van der Waals surface area contributed by atoms with Gasteiger partial charge < -0.3 is 9.47 Å². The number of aromatic nitrogens is 1. The number of nitrogens with zero attached hydrogens (tertiary/aromatic N) is 1. The molecule has 1 aliphatic rings. The van der Waals surface area contributed by atoms with Crippen LogP contribution in [0, 0.1) is 5.41 Å². The van der Waals surface area contributed by atoms with Crippen LogP contribution in [-0.2, 0) is 6.42 Å². The molecule has 0 spiro atoms. The van der Waals surface area contributed by atoms with Gasteiger partial charge in [-0.15, -0.1) is 0 Å². The highest BCUT2D eigenvalue weighted by Crippen LogP contribution is 2.37. The number of fused-ring (bicyclic) bond motifs is 1. The molecule has 1 aromatic heterocycles. The SMILES string of the molecule is COc1ccc(OC)c(-n2c3c(cc(C(=O)CC(=O)c4ccccc4)c2=O)C(=O)CC(C)(C)C3)c1. The first-order chi connectivity index (χ1) is 16.6. The van der Waals surface area contributed by atoms with Crippen molar-refractivity contribution < 1.29 is 23.9 Å². The Balaban J connectivity index is 1.92. The zero-order chi connectivity index (χ0) is 25.3. The number of Topliss-reactive ketones (excluding diaryl/α,β-unsaturated/α-hetero) is 3. The summed E-state index contributed by atoms with van der Waals surface area (Å²) in [4.78, 5) is 52.9. The maximum atomic E-state index is 13.8. The standard InChI is InChI=1S/C28H27NO6/c1-28(2)15-22-19(25(32)16-28)13-20(24(31)14-23(30)17-8-6-5-7-9-17)27(33)29(22)21-12-18(34-3)10-11-26(21)35-4/h5-13H,14-16H2,1-4H3. The fraction of sp³-hybridized carbons (Fsp3) is 0.286. The second kappa shape index (κ2) is 9.33. The zero-order valence-electron chi connectivity index (χ0n) is 20.2. The third-order valence-corrected chi connectivity index (χ3v) is 6.23. The quantitative estimate of drug-likeness (QED) is 0.372. The minimum Gasteiger partial charge on any atom is -0.497 e.